The zero-order valence-electron chi connectivity index (χ0n) is 13.4. The molecule has 3 heteroatoms. The molecule has 1 fully saturated rings. The van der Waals surface area contributed by atoms with E-state index < -0.39 is 0 Å². The summed E-state index contributed by atoms with van der Waals surface area (Å²) < 4.78 is 0. The summed E-state index contributed by atoms with van der Waals surface area (Å²) in [5.74, 6) is 0.740. The minimum Gasteiger partial charge on any atom is -0.329 e. The van der Waals surface area contributed by atoms with Crippen LogP contribution in [-0.4, -0.2) is 24.5 Å². The first-order chi connectivity index (χ1) is 10.1. The molecule has 21 heavy (non-hydrogen) atoms. The fourth-order valence-corrected chi connectivity index (χ4v) is 3.87. The van der Waals surface area contributed by atoms with Gasteiger partial charge in [-0.2, -0.15) is 0 Å². The molecule has 2 unspecified atom stereocenters. The summed E-state index contributed by atoms with van der Waals surface area (Å²) in [4.78, 5) is 2.46. The van der Waals surface area contributed by atoms with E-state index in [9.17, 15) is 0 Å². The molecule has 1 saturated carbocycles. The maximum absolute atomic E-state index is 6.13. The SMILES string of the molecule is CC(c1cccc(Cl)c1)N(C)C(CN)C1CCCCCC1. The molecule has 1 aromatic carbocycles. The van der Waals surface area contributed by atoms with Crippen molar-refractivity contribution in [3.63, 3.8) is 0 Å². The van der Waals surface area contributed by atoms with E-state index in [2.05, 4.69) is 31.0 Å². The zero-order chi connectivity index (χ0) is 15.2. The molecule has 0 aliphatic heterocycles. The van der Waals surface area contributed by atoms with Gasteiger partial charge in [-0.25, -0.2) is 0 Å². The van der Waals surface area contributed by atoms with E-state index >= 15 is 0 Å². The Labute approximate surface area is 134 Å². The van der Waals surface area contributed by atoms with Gasteiger partial charge in [0.05, 0.1) is 0 Å². The molecule has 0 heterocycles. The highest BCUT2D eigenvalue weighted by molar-refractivity contribution is 6.30. The number of rotatable bonds is 5. The number of nitrogens with two attached hydrogens (primary N) is 1. The average Bonchev–Trinajstić information content (AvgIpc) is 2.76. The normalized spacial score (nSPS) is 20.2. The van der Waals surface area contributed by atoms with Gasteiger partial charge < -0.3 is 5.73 Å². The molecule has 0 aromatic heterocycles. The van der Waals surface area contributed by atoms with Gasteiger partial charge in [0.15, 0.2) is 0 Å². The maximum atomic E-state index is 6.13. The molecule has 0 spiro atoms. The van der Waals surface area contributed by atoms with Crippen molar-refractivity contribution in [1.29, 1.82) is 0 Å². The van der Waals surface area contributed by atoms with E-state index in [1.54, 1.807) is 0 Å². The van der Waals surface area contributed by atoms with E-state index in [1.165, 1.54) is 44.1 Å². The first kappa shape index (κ1) is 16.8. The van der Waals surface area contributed by atoms with Crippen LogP contribution < -0.4 is 5.73 Å². The minimum absolute atomic E-state index is 0.348. The molecule has 2 atom stereocenters. The molecule has 0 saturated heterocycles. The van der Waals surface area contributed by atoms with E-state index in [0.717, 1.165) is 17.5 Å². The Morgan fingerprint density at radius 3 is 2.48 bits per heavy atom. The Kier molecular flexibility index (Phi) is 6.53. The minimum atomic E-state index is 0.348. The van der Waals surface area contributed by atoms with Crippen molar-refractivity contribution in [1.82, 2.24) is 4.90 Å². The van der Waals surface area contributed by atoms with Crippen LogP contribution in [0.15, 0.2) is 24.3 Å². The number of halogens is 1. The van der Waals surface area contributed by atoms with Gasteiger partial charge in [-0.1, -0.05) is 49.4 Å². The summed E-state index contributed by atoms with van der Waals surface area (Å²) in [5.41, 5.74) is 7.41. The number of hydrogen-bond acceptors (Lipinski definition) is 2. The van der Waals surface area contributed by atoms with Crippen molar-refractivity contribution in [3.05, 3.63) is 34.9 Å². The van der Waals surface area contributed by atoms with Crippen molar-refractivity contribution in [2.45, 2.75) is 57.5 Å². The fourth-order valence-electron chi connectivity index (χ4n) is 3.68. The number of hydrogen-bond donors (Lipinski definition) is 1. The van der Waals surface area contributed by atoms with Crippen LogP contribution in [0.5, 0.6) is 0 Å². The standard InChI is InChI=1S/C18H29ClN2/c1-14(16-10-7-11-17(19)12-16)21(2)18(13-20)15-8-5-3-4-6-9-15/h7,10-12,14-15,18H,3-6,8-9,13,20H2,1-2H3. The lowest BCUT2D eigenvalue weighted by molar-refractivity contribution is 0.126. The van der Waals surface area contributed by atoms with Gasteiger partial charge in [0.25, 0.3) is 0 Å². The van der Waals surface area contributed by atoms with E-state index in [4.69, 9.17) is 17.3 Å². The van der Waals surface area contributed by atoms with Gasteiger partial charge in [-0.3, -0.25) is 4.90 Å². The van der Waals surface area contributed by atoms with E-state index in [1.807, 2.05) is 12.1 Å². The lowest BCUT2D eigenvalue weighted by Crippen LogP contribution is -2.44. The molecular weight excluding hydrogens is 280 g/mol. The molecule has 118 valence electrons. The van der Waals surface area contributed by atoms with Crippen LogP contribution >= 0.6 is 11.6 Å². The van der Waals surface area contributed by atoms with Gasteiger partial charge in [-0.05, 0) is 50.4 Å². The third kappa shape index (κ3) is 4.45. The largest absolute Gasteiger partial charge is 0.329 e. The Balaban J connectivity index is 2.09. The first-order valence-corrected chi connectivity index (χ1v) is 8.68. The van der Waals surface area contributed by atoms with Crippen LogP contribution in [0, 0.1) is 5.92 Å². The molecule has 2 rings (SSSR count). The number of nitrogens with zero attached hydrogens (tertiary/aromatic N) is 1. The molecule has 1 aliphatic carbocycles. The van der Waals surface area contributed by atoms with Crippen LogP contribution in [0.25, 0.3) is 0 Å². The lowest BCUT2D eigenvalue weighted by atomic mass is 9.89. The predicted octanol–water partition coefficient (Wildman–Crippen LogP) is 4.63. The summed E-state index contributed by atoms with van der Waals surface area (Å²) in [6.07, 6.45) is 8.16. The quantitative estimate of drug-likeness (QED) is 0.804. The van der Waals surface area contributed by atoms with Gasteiger partial charge >= 0.3 is 0 Å². The highest BCUT2D eigenvalue weighted by atomic mass is 35.5. The van der Waals surface area contributed by atoms with E-state index in [-0.39, 0.29) is 0 Å². The Hall–Kier alpha value is -0.570. The number of benzene rings is 1. The van der Waals surface area contributed by atoms with Gasteiger partial charge in [0, 0.05) is 23.7 Å². The lowest BCUT2D eigenvalue weighted by Gasteiger charge is -2.37. The van der Waals surface area contributed by atoms with Gasteiger partial charge in [0.2, 0.25) is 0 Å². The molecule has 1 aromatic rings. The van der Waals surface area contributed by atoms with Crippen LogP contribution in [0.3, 0.4) is 0 Å². The molecule has 2 nitrogen and oxygen atoms in total. The smallest absolute Gasteiger partial charge is 0.0409 e. The Morgan fingerprint density at radius 2 is 1.90 bits per heavy atom. The third-order valence-corrected chi connectivity index (χ3v) is 5.39. The second kappa shape index (κ2) is 8.17. The first-order valence-electron chi connectivity index (χ1n) is 8.31. The second-order valence-corrected chi connectivity index (χ2v) is 6.89. The van der Waals surface area contributed by atoms with Crippen molar-refractivity contribution >= 4 is 11.6 Å². The van der Waals surface area contributed by atoms with Crippen molar-refractivity contribution in [2.75, 3.05) is 13.6 Å². The van der Waals surface area contributed by atoms with Crippen molar-refractivity contribution < 1.29 is 0 Å². The Morgan fingerprint density at radius 1 is 1.24 bits per heavy atom. The predicted molar refractivity (Wildman–Crippen MR) is 91.7 cm³/mol. The summed E-state index contributed by atoms with van der Waals surface area (Å²) in [6.45, 7) is 3.00. The van der Waals surface area contributed by atoms with Crippen LogP contribution in [0.2, 0.25) is 5.02 Å². The summed E-state index contributed by atoms with van der Waals surface area (Å²) in [7, 11) is 2.22. The highest BCUT2D eigenvalue weighted by Gasteiger charge is 2.28. The summed E-state index contributed by atoms with van der Waals surface area (Å²) in [5, 5.41) is 0.812. The van der Waals surface area contributed by atoms with Gasteiger partial charge in [0.1, 0.15) is 0 Å². The summed E-state index contributed by atoms with van der Waals surface area (Å²) >= 11 is 6.13. The monoisotopic (exact) mass is 308 g/mol. The Bertz CT molecular complexity index is 427. The maximum Gasteiger partial charge on any atom is 0.0409 e. The molecule has 0 bridgehead atoms. The molecule has 0 radical (unpaired) electrons. The second-order valence-electron chi connectivity index (χ2n) is 6.45. The van der Waals surface area contributed by atoms with E-state index in [0.29, 0.717) is 12.1 Å². The van der Waals surface area contributed by atoms with Gasteiger partial charge in [-0.15, -0.1) is 0 Å². The van der Waals surface area contributed by atoms with Crippen molar-refractivity contribution in [2.24, 2.45) is 11.7 Å². The molecule has 1 aliphatic rings. The zero-order valence-corrected chi connectivity index (χ0v) is 14.1. The van der Waals surface area contributed by atoms with Crippen molar-refractivity contribution in [3.8, 4) is 0 Å². The van der Waals surface area contributed by atoms with Crippen LogP contribution in [0.1, 0.15) is 57.1 Å². The summed E-state index contributed by atoms with van der Waals surface area (Å²) in [6, 6.07) is 9.02. The molecule has 2 N–H and O–H groups in total. The highest BCUT2D eigenvalue weighted by Crippen LogP contribution is 2.31. The topological polar surface area (TPSA) is 29.3 Å². The third-order valence-electron chi connectivity index (χ3n) is 5.15. The molecular formula is C18H29ClN2. The average molecular weight is 309 g/mol. The fraction of sp³-hybridized carbons (Fsp3) is 0.667. The number of likely N-dealkylation sites (N-methyl/N-ethyl adjacent to an activating group) is 1. The molecule has 0 amide bonds. The van der Waals surface area contributed by atoms with Crippen LogP contribution in [0.4, 0.5) is 0 Å². The van der Waals surface area contributed by atoms with Crippen LogP contribution in [-0.2, 0) is 0 Å².